The zero-order chi connectivity index (χ0) is 19.3. The van der Waals surface area contributed by atoms with Crippen LogP contribution in [0.3, 0.4) is 0 Å². The third-order valence-electron chi connectivity index (χ3n) is 4.72. The third-order valence-corrected chi connectivity index (χ3v) is 6.76. The number of carbonyl (C=O) groups excluding carboxylic acids is 1. The molecule has 0 aromatic heterocycles. The van der Waals surface area contributed by atoms with Crippen LogP contribution in [0.1, 0.15) is 44.0 Å². The number of amides is 1. The van der Waals surface area contributed by atoms with Crippen LogP contribution >= 0.6 is 0 Å². The molecule has 2 N–H and O–H groups in total. The van der Waals surface area contributed by atoms with Gasteiger partial charge in [-0.3, -0.25) is 4.79 Å². The van der Waals surface area contributed by atoms with Crippen LogP contribution in [-0.2, 0) is 10.0 Å². The van der Waals surface area contributed by atoms with Crippen molar-refractivity contribution in [2.24, 2.45) is 0 Å². The van der Waals surface area contributed by atoms with Gasteiger partial charge in [-0.05, 0) is 44.5 Å². The first kappa shape index (κ1) is 20.7. The molecule has 2 rings (SSSR count). The van der Waals surface area contributed by atoms with E-state index in [2.05, 4.69) is 17.6 Å². The Labute approximate surface area is 156 Å². The Balaban J connectivity index is 2.30. The molecule has 2 atom stereocenters. The van der Waals surface area contributed by atoms with E-state index in [4.69, 9.17) is 4.74 Å². The highest BCUT2D eigenvalue weighted by atomic mass is 32.2. The molecule has 8 heteroatoms. The highest BCUT2D eigenvalue weighted by Gasteiger charge is 2.26. The minimum Gasteiger partial charge on any atom is -0.496 e. The number of piperidine rings is 1. The Morgan fingerprint density at radius 2 is 2.04 bits per heavy atom. The van der Waals surface area contributed by atoms with Gasteiger partial charge in [-0.15, -0.1) is 0 Å². The van der Waals surface area contributed by atoms with Gasteiger partial charge in [0, 0.05) is 25.2 Å². The van der Waals surface area contributed by atoms with Crippen molar-refractivity contribution in [2.75, 3.05) is 26.7 Å². The van der Waals surface area contributed by atoms with Gasteiger partial charge in [-0.1, -0.05) is 13.8 Å². The summed E-state index contributed by atoms with van der Waals surface area (Å²) in [6.45, 7) is 7.25. The molecule has 146 valence electrons. The molecule has 1 aliphatic rings. The van der Waals surface area contributed by atoms with Crippen molar-refractivity contribution in [3.63, 3.8) is 0 Å². The van der Waals surface area contributed by atoms with Crippen molar-refractivity contribution in [2.45, 2.75) is 50.6 Å². The standard InChI is InChI=1S/C18H29N3O4S/c1-5-21(6-2)26(23,24)15-7-8-17(25-4)16(12-15)18(22)20-14-9-10-19-13(3)11-14/h7-8,12-14,19H,5-6,9-11H2,1-4H3,(H,20,22). The fourth-order valence-corrected chi connectivity index (χ4v) is 4.75. The Morgan fingerprint density at radius 1 is 1.35 bits per heavy atom. The van der Waals surface area contributed by atoms with E-state index in [-0.39, 0.29) is 22.4 Å². The second kappa shape index (κ2) is 8.83. The Hall–Kier alpha value is -1.64. The SMILES string of the molecule is CCN(CC)S(=O)(=O)c1ccc(OC)c(C(=O)NC2CCNC(C)C2)c1. The molecule has 1 amide bonds. The van der Waals surface area contributed by atoms with Crippen LogP contribution in [0.25, 0.3) is 0 Å². The number of carbonyl (C=O) groups is 1. The zero-order valence-electron chi connectivity index (χ0n) is 15.9. The average molecular weight is 384 g/mol. The molecule has 0 saturated carbocycles. The molecular formula is C18H29N3O4S. The molecule has 0 aliphatic carbocycles. The average Bonchev–Trinajstić information content (AvgIpc) is 2.61. The van der Waals surface area contributed by atoms with Crippen LogP contribution in [-0.4, -0.2) is 57.5 Å². The van der Waals surface area contributed by atoms with Crippen molar-refractivity contribution in [1.82, 2.24) is 14.9 Å². The second-order valence-electron chi connectivity index (χ2n) is 6.50. The molecule has 7 nitrogen and oxygen atoms in total. The molecule has 0 bridgehead atoms. The van der Waals surface area contributed by atoms with Gasteiger partial charge in [0.05, 0.1) is 17.6 Å². The van der Waals surface area contributed by atoms with E-state index < -0.39 is 10.0 Å². The fraction of sp³-hybridized carbons (Fsp3) is 0.611. The molecule has 0 radical (unpaired) electrons. The maximum atomic E-state index is 12.8. The zero-order valence-corrected chi connectivity index (χ0v) is 16.7. The lowest BCUT2D eigenvalue weighted by Crippen LogP contribution is -2.46. The Kier molecular flexibility index (Phi) is 7.02. The summed E-state index contributed by atoms with van der Waals surface area (Å²) in [4.78, 5) is 12.9. The largest absolute Gasteiger partial charge is 0.496 e. The number of methoxy groups -OCH3 is 1. The van der Waals surface area contributed by atoms with Gasteiger partial charge in [0.15, 0.2) is 0 Å². The van der Waals surface area contributed by atoms with Crippen molar-refractivity contribution in [1.29, 1.82) is 0 Å². The maximum absolute atomic E-state index is 12.8. The minimum atomic E-state index is -3.64. The molecule has 1 fully saturated rings. The summed E-state index contributed by atoms with van der Waals surface area (Å²) >= 11 is 0. The van der Waals surface area contributed by atoms with E-state index in [1.807, 2.05) is 0 Å². The van der Waals surface area contributed by atoms with E-state index >= 15 is 0 Å². The number of nitrogens with zero attached hydrogens (tertiary/aromatic N) is 1. The lowest BCUT2D eigenvalue weighted by molar-refractivity contribution is 0.0922. The third kappa shape index (κ3) is 4.55. The number of hydrogen-bond donors (Lipinski definition) is 2. The summed E-state index contributed by atoms with van der Waals surface area (Å²) < 4.78 is 32.1. The number of rotatable bonds is 7. The number of benzene rings is 1. The summed E-state index contributed by atoms with van der Waals surface area (Å²) in [5.41, 5.74) is 0.243. The smallest absolute Gasteiger partial charge is 0.255 e. The van der Waals surface area contributed by atoms with E-state index in [0.29, 0.717) is 24.9 Å². The van der Waals surface area contributed by atoms with Gasteiger partial charge in [0.25, 0.3) is 5.91 Å². The first-order valence-corrected chi connectivity index (χ1v) is 10.5. The first-order chi connectivity index (χ1) is 12.3. The van der Waals surface area contributed by atoms with Crippen LogP contribution < -0.4 is 15.4 Å². The summed E-state index contributed by atoms with van der Waals surface area (Å²) in [7, 11) is -2.17. The number of nitrogens with one attached hydrogen (secondary N) is 2. The van der Waals surface area contributed by atoms with Crippen LogP contribution in [0, 0.1) is 0 Å². The fourth-order valence-electron chi connectivity index (χ4n) is 3.26. The van der Waals surface area contributed by atoms with Crippen molar-refractivity contribution >= 4 is 15.9 Å². The molecule has 1 aliphatic heterocycles. The normalized spacial score (nSPS) is 20.8. The van der Waals surface area contributed by atoms with Crippen molar-refractivity contribution in [3.8, 4) is 5.75 Å². The topological polar surface area (TPSA) is 87.7 Å². The van der Waals surface area contributed by atoms with Crippen molar-refractivity contribution in [3.05, 3.63) is 23.8 Å². The molecule has 2 unspecified atom stereocenters. The van der Waals surface area contributed by atoms with E-state index in [9.17, 15) is 13.2 Å². The Morgan fingerprint density at radius 3 is 2.62 bits per heavy atom. The lowest BCUT2D eigenvalue weighted by Gasteiger charge is -2.29. The second-order valence-corrected chi connectivity index (χ2v) is 8.44. The molecule has 1 aromatic carbocycles. The molecule has 1 aromatic rings. The summed E-state index contributed by atoms with van der Waals surface area (Å²) in [6, 6.07) is 4.83. The molecule has 0 spiro atoms. The van der Waals surface area contributed by atoms with Gasteiger partial charge < -0.3 is 15.4 Å². The van der Waals surface area contributed by atoms with Gasteiger partial charge in [0.1, 0.15) is 5.75 Å². The van der Waals surface area contributed by atoms with Gasteiger partial charge in [-0.2, -0.15) is 4.31 Å². The molecule has 26 heavy (non-hydrogen) atoms. The van der Waals surface area contributed by atoms with E-state index in [1.165, 1.54) is 29.6 Å². The minimum absolute atomic E-state index is 0.0616. The number of ether oxygens (including phenoxy) is 1. The molecule has 1 heterocycles. The lowest BCUT2D eigenvalue weighted by atomic mass is 10.00. The highest BCUT2D eigenvalue weighted by Crippen LogP contribution is 2.25. The quantitative estimate of drug-likeness (QED) is 0.747. The van der Waals surface area contributed by atoms with Crippen LogP contribution in [0.4, 0.5) is 0 Å². The van der Waals surface area contributed by atoms with E-state index in [1.54, 1.807) is 13.8 Å². The number of hydrogen-bond acceptors (Lipinski definition) is 5. The van der Waals surface area contributed by atoms with Gasteiger partial charge >= 0.3 is 0 Å². The first-order valence-electron chi connectivity index (χ1n) is 9.05. The predicted molar refractivity (Wildman–Crippen MR) is 101 cm³/mol. The summed E-state index contributed by atoms with van der Waals surface area (Å²) in [6.07, 6.45) is 1.68. The van der Waals surface area contributed by atoms with Crippen LogP contribution in [0.5, 0.6) is 5.75 Å². The predicted octanol–water partition coefficient (Wildman–Crippen LogP) is 1.60. The van der Waals surface area contributed by atoms with Crippen LogP contribution in [0.2, 0.25) is 0 Å². The highest BCUT2D eigenvalue weighted by molar-refractivity contribution is 7.89. The van der Waals surface area contributed by atoms with Crippen LogP contribution in [0.15, 0.2) is 23.1 Å². The van der Waals surface area contributed by atoms with Gasteiger partial charge in [0.2, 0.25) is 10.0 Å². The molecule has 1 saturated heterocycles. The van der Waals surface area contributed by atoms with Crippen molar-refractivity contribution < 1.29 is 17.9 Å². The Bertz CT molecular complexity index is 732. The van der Waals surface area contributed by atoms with Gasteiger partial charge in [-0.25, -0.2) is 8.42 Å². The number of sulfonamides is 1. The summed E-state index contributed by atoms with van der Waals surface area (Å²) in [5, 5.41) is 6.35. The molecular weight excluding hydrogens is 354 g/mol. The summed E-state index contributed by atoms with van der Waals surface area (Å²) in [5.74, 6) is 0.0560. The maximum Gasteiger partial charge on any atom is 0.255 e. The van der Waals surface area contributed by atoms with E-state index in [0.717, 1.165) is 19.4 Å². The monoisotopic (exact) mass is 383 g/mol.